The van der Waals surface area contributed by atoms with Crippen molar-refractivity contribution in [3.8, 4) is 0 Å². The molecule has 1 saturated heterocycles. The van der Waals surface area contributed by atoms with Crippen LogP contribution in [0.5, 0.6) is 0 Å². The predicted molar refractivity (Wildman–Crippen MR) is 92.6 cm³/mol. The van der Waals surface area contributed by atoms with E-state index >= 15 is 0 Å². The Kier molecular flexibility index (Phi) is 5.26. The Labute approximate surface area is 142 Å². The zero-order valence-corrected chi connectivity index (χ0v) is 14.7. The van der Waals surface area contributed by atoms with Gasteiger partial charge in [0.15, 0.2) is 0 Å². The van der Waals surface area contributed by atoms with Gasteiger partial charge in [-0.05, 0) is 37.8 Å². The Hall–Kier alpha value is -2.37. The Morgan fingerprint density at radius 3 is 2.46 bits per heavy atom. The van der Waals surface area contributed by atoms with E-state index < -0.39 is 11.6 Å². The number of hydrogen-bond acceptors (Lipinski definition) is 3. The third-order valence-corrected chi connectivity index (χ3v) is 4.38. The van der Waals surface area contributed by atoms with E-state index in [-0.39, 0.29) is 18.4 Å². The van der Waals surface area contributed by atoms with Gasteiger partial charge >= 0.3 is 6.03 Å². The summed E-state index contributed by atoms with van der Waals surface area (Å²) in [5.74, 6) is -0.202. The van der Waals surface area contributed by atoms with Gasteiger partial charge in [0, 0.05) is 12.7 Å². The van der Waals surface area contributed by atoms with Crippen LogP contribution in [0.15, 0.2) is 30.3 Å². The summed E-state index contributed by atoms with van der Waals surface area (Å²) in [6, 6.07) is 8.62. The van der Waals surface area contributed by atoms with Crippen molar-refractivity contribution in [3.05, 3.63) is 30.3 Å². The van der Waals surface area contributed by atoms with E-state index in [0.29, 0.717) is 12.3 Å². The second-order valence-electron chi connectivity index (χ2n) is 6.87. The van der Waals surface area contributed by atoms with Crippen LogP contribution in [0.4, 0.5) is 10.5 Å². The summed E-state index contributed by atoms with van der Waals surface area (Å²) in [7, 11) is 1.63. The Balaban J connectivity index is 2.05. The average Bonchev–Trinajstić information content (AvgIpc) is 2.77. The van der Waals surface area contributed by atoms with Crippen molar-refractivity contribution in [2.24, 2.45) is 5.92 Å². The number of likely N-dealkylation sites (N-methyl/N-ethyl adjacent to an activating group) is 1. The highest BCUT2D eigenvalue weighted by Gasteiger charge is 2.48. The number of carbonyl (C=O) groups is 3. The minimum atomic E-state index is -0.924. The maximum absolute atomic E-state index is 12.6. The molecule has 0 aliphatic carbocycles. The number of urea groups is 1. The second-order valence-corrected chi connectivity index (χ2v) is 6.87. The van der Waals surface area contributed by atoms with Gasteiger partial charge in [-0.2, -0.15) is 0 Å². The van der Waals surface area contributed by atoms with E-state index in [2.05, 4.69) is 19.2 Å². The topological polar surface area (TPSA) is 69.7 Å². The van der Waals surface area contributed by atoms with E-state index in [9.17, 15) is 14.4 Å². The quantitative estimate of drug-likeness (QED) is 0.814. The third kappa shape index (κ3) is 3.75. The molecular formula is C18H25N3O3. The molecule has 0 aromatic heterocycles. The first kappa shape index (κ1) is 18.0. The fourth-order valence-electron chi connectivity index (χ4n) is 2.67. The lowest BCUT2D eigenvalue weighted by molar-refractivity contribution is -0.134. The number of benzene rings is 1. The highest BCUT2D eigenvalue weighted by molar-refractivity contribution is 6.10. The van der Waals surface area contributed by atoms with Gasteiger partial charge in [0.25, 0.3) is 5.91 Å². The molecule has 6 heteroatoms. The molecule has 1 heterocycles. The molecule has 0 spiro atoms. The van der Waals surface area contributed by atoms with Crippen LogP contribution in [0, 0.1) is 5.92 Å². The van der Waals surface area contributed by atoms with Crippen LogP contribution >= 0.6 is 0 Å². The van der Waals surface area contributed by atoms with E-state index in [0.717, 1.165) is 17.0 Å². The molecular weight excluding hydrogens is 306 g/mol. The van der Waals surface area contributed by atoms with Crippen LogP contribution in [-0.2, 0) is 9.59 Å². The summed E-state index contributed by atoms with van der Waals surface area (Å²) in [5, 5.41) is 2.74. The number of anilines is 1. The lowest BCUT2D eigenvalue weighted by Crippen LogP contribution is -2.45. The lowest BCUT2D eigenvalue weighted by Gasteiger charge is -2.23. The molecule has 130 valence electrons. The first-order chi connectivity index (χ1) is 11.2. The van der Waals surface area contributed by atoms with Crippen molar-refractivity contribution in [1.29, 1.82) is 0 Å². The summed E-state index contributed by atoms with van der Waals surface area (Å²) < 4.78 is 0. The van der Waals surface area contributed by atoms with Crippen molar-refractivity contribution < 1.29 is 14.4 Å². The zero-order valence-electron chi connectivity index (χ0n) is 14.7. The van der Waals surface area contributed by atoms with Crippen LogP contribution in [-0.4, -0.2) is 41.9 Å². The molecule has 24 heavy (non-hydrogen) atoms. The molecule has 1 atom stereocenters. The summed E-state index contributed by atoms with van der Waals surface area (Å²) in [6.07, 6.45) is 1.39. The van der Waals surface area contributed by atoms with Crippen LogP contribution in [0.2, 0.25) is 0 Å². The maximum atomic E-state index is 12.6. The largest absolute Gasteiger partial charge is 0.325 e. The van der Waals surface area contributed by atoms with Crippen LogP contribution in [0.25, 0.3) is 0 Å². The number of para-hydroxylation sites is 1. The SMILES string of the molecule is CC(C)CCC1(C)NC(=O)N(CC(=O)N(C)c2ccccc2)C1=O. The Morgan fingerprint density at radius 2 is 1.88 bits per heavy atom. The molecule has 0 radical (unpaired) electrons. The third-order valence-electron chi connectivity index (χ3n) is 4.38. The summed E-state index contributed by atoms with van der Waals surface area (Å²) >= 11 is 0. The summed E-state index contributed by atoms with van der Waals surface area (Å²) in [6.45, 7) is 5.61. The average molecular weight is 331 g/mol. The van der Waals surface area contributed by atoms with Gasteiger partial charge in [-0.15, -0.1) is 0 Å². The van der Waals surface area contributed by atoms with E-state index in [1.54, 1.807) is 26.1 Å². The molecule has 1 aromatic carbocycles. The van der Waals surface area contributed by atoms with Crippen LogP contribution in [0.3, 0.4) is 0 Å². The van der Waals surface area contributed by atoms with Crippen molar-refractivity contribution in [2.75, 3.05) is 18.5 Å². The molecule has 1 N–H and O–H groups in total. The van der Waals surface area contributed by atoms with Crippen molar-refractivity contribution >= 4 is 23.5 Å². The highest BCUT2D eigenvalue weighted by Crippen LogP contribution is 2.25. The van der Waals surface area contributed by atoms with Gasteiger partial charge in [0.2, 0.25) is 5.91 Å². The smallest absolute Gasteiger partial charge is 0.323 e. The fourth-order valence-corrected chi connectivity index (χ4v) is 2.67. The second kappa shape index (κ2) is 7.03. The van der Waals surface area contributed by atoms with Gasteiger partial charge < -0.3 is 10.2 Å². The maximum Gasteiger partial charge on any atom is 0.325 e. The molecule has 0 bridgehead atoms. The Bertz CT molecular complexity index is 630. The van der Waals surface area contributed by atoms with Crippen molar-refractivity contribution in [2.45, 2.75) is 39.2 Å². The minimum absolute atomic E-state index is 0.257. The summed E-state index contributed by atoms with van der Waals surface area (Å²) in [5.41, 5.74) is -0.204. The number of rotatable bonds is 6. The normalized spacial score (nSPS) is 20.5. The van der Waals surface area contributed by atoms with Crippen LogP contribution in [0.1, 0.15) is 33.6 Å². The molecule has 1 fully saturated rings. The number of nitrogens with one attached hydrogen (secondary N) is 1. The Morgan fingerprint density at radius 1 is 1.25 bits per heavy atom. The number of nitrogens with zero attached hydrogens (tertiary/aromatic N) is 2. The van der Waals surface area contributed by atoms with E-state index in [1.165, 1.54) is 4.90 Å². The molecule has 1 aliphatic rings. The standard InChI is InChI=1S/C18H25N3O3/c1-13(2)10-11-18(3)16(23)21(17(24)19-18)12-15(22)20(4)14-8-6-5-7-9-14/h5-9,13H,10-12H2,1-4H3,(H,19,24). The monoisotopic (exact) mass is 331 g/mol. The first-order valence-electron chi connectivity index (χ1n) is 8.20. The molecule has 6 nitrogen and oxygen atoms in total. The van der Waals surface area contributed by atoms with E-state index in [4.69, 9.17) is 0 Å². The predicted octanol–water partition coefficient (Wildman–Crippen LogP) is 2.40. The van der Waals surface area contributed by atoms with Gasteiger partial charge in [0.05, 0.1) is 0 Å². The van der Waals surface area contributed by atoms with E-state index in [1.807, 2.05) is 18.2 Å². The molecule has 2 rings (SSSR count). The van der Waals surface area contributed by atoms with Gasteiger partial charge in [-0.3, -0.25) is 14.5 Å². The number of amides is 4. The molecule has 1 unspecified atom stereocenters. The van der Waals surface area contributed by atoms with Gasteiger partial charge in [-0.25, -0.2) is 4.79 Å². The first-order valence-corrected chi connectivity index (χ1v) is 8.20. The highest BCUT2D eigenvalue weighted by atomic mass is 16.2. The molecule has 0 saturated carbocycles. The van der Waals surface area contributed by atoms with Gasteiger partial charge in [0.1, 0.15) is 12.1 Å². The minimum Gasteiger partial charge on any atom is -0.323 e. The lowest BCUT2D eigenvalue weighted by atomic mass is 9.92. The number of hydrogen-bond donors (Lipinski definition) is 1. The number of carbonyl (C=O) groups excluding carboxylic acids is 3. The fraction of sp³-hybridized carbons (Fsp3) is 0.500. The van der Waals surface area contributed by atoms with Crippen molar-refractivity contribution in [1.82, 2.24) is 10.2 Å². The molecule has 4 amide bonds. The zero-order chi connectivity index (χ0) is 17.9. The van der Waals surface area contributed by atoms with Crippen molar-refractivity contribution in [3.63, 3.8) is 0 Å². The van der Waals surface area contributed by atoms with Crippen LogP contribution < -0.4 is 10.2 Å². The molecule has 1 aliphatic heterocycles. The summed E-state index contributed by atoms with van der Waals surface area (Å²) in [4.78, 5) is 39.7. The van der Waals surface area contributed by atoms with Gasteiger partial charge in [-0.1, -0.05) is 32.0 Å². The number of imide groups is 1. The molecule has 1 aromatic rings.